The Morgan fingerprint density at radius 1 is 1.50 bits per heavy atom. The molecule has 0 spiro atoms. The number of hydrogen-bond donors (Lipinski definition) is 1. The molecule has 0 rings (SSSR count). The summed E-state index contributed by atoms with van der Waals surface area (Å²) in [5.74, 6) is 0.907. The summed E-state index contributed by atoms with van der Waals surface area (Å²) in [6.45, 7) is 5.84. The van der Waals surface area contributed by atoms with Gasteiger partial charge in [0.15, 0.2) is 0 Å². The highest BCUT2D eigenvalue weighted by atomic mass is 14.8. The van der Waals surface area contributed by atoms with E-state index < -0.39 is 0 Å². The third-order valence-electron chi connectivity index (χ3n) is 1.42. The predicted octanol–water partition coefficient (Wildman–Crippen LogP) is 0.616. The minimum Gasteiger partial charge on any atom is -0.348 e. The molecule has 0 aliphatic heterocycles. The van der Waals surface area contributed by atoms with Crippen molar-refractivity contribution < 1.29 is 5.32 Å². The Labute approximate surface area is 52.5 Å². The van der Waals surface area contributed by atoms with Crippen LogP contribution in [0.1, 0.15) is 26.7 Å². The van der Waals surface area contributed by atoms with Crippen molar-refractivity contribution in [2.75, 3.05) is 13.6 Å². The Kier molecular flexibility index (Phi) is 5.08. The number of rotatable bonds is 4. The summed E-state index contributed by atoms with van der Waals surface area (Å²) in [7, 11) is 2.13. The van der Waals surface area contributed by atoms with E-state index in [0.717, 1.165) is 5.92 Å². The van der Waals surface area contributed by atoms with Gasteiger partial charge in [-0.1, -0.05) is 20.3 Å². The van der Waals surface area contributed by atoms with Gasteiger partial charge in [-0.05, 0) is 6.42 Å². The quantitative estimate of drug-likeness (QED) is 0.554. The first kappa shape index (κ1) is 7.96. The van der Waals surface area contributed by atoms with Crippen molar-refractivity contribution in [3.63, 3.8) is 0 Å². The number of hydrogen-bond acceptors (Lipinski definition) is 0. The van der Waals surface area contributed by atoms with Crippen molar-refractivity contribution in [3.8, 4) is 0 Å². The Balaban J connectivity index is 2.92. The molecule has 1 nitrogen and oxygen atoms in total. The van der Waals surface area contributed by atoms with Crippen molar-refractivity contribution in [1.29, 1.82) is 0 Å². The Hall–Kier alpha value is -0.0400. The van der Waals surface area contributed by atoms with E-state index in [-0.39, 0.29) is 0 Å². The third kappa shape index (κ3) is 4.13. The van der Waals surface area contributed by atoms with Gasteiger partial charge in [0.2, 0.25) is 0 Å². The van der Waals surface area contributed by atoms with E-state index in [1.54, 1.807) is 0 Å². The Morgan fingerprint density at radius 3 is 2.50 bits per heavy atom. The van der Waals surface area contributed by atoms with Crippen molar-refractivity contribution in [2.24, 2.45) is 5.92 Å². The second kappa shape index (κ2) is 5.10. The Bertz CT molecular complexity index is 37.7. The molecule has 1 atom stereocenters. The third-order valence-corrected chi connectivity index (χ3v) is 1.42. The lowest BCUT2D eigenvalue weighted by Gasteiger charge is -2.04. The maximum absolute atomic E-state index is 2.31. The monoisotopic (exact) mass is 116 g/mol. The van der Waals surface area contributed by atoms with E-state index in [0.29, 0.717) is 0 Å². The zero-order chi connectivity index (χ0) is 6.41. The highest BCUT2D eigenvalue weighted by molar-refractivity contribution is 4.45. The summed E-state index contributed by atoms with van der Waals surface area (Å²) in [6.07, 6.45) is 2.71. The van der Waals surface area contributed by atoms with Crippen LogP contribution in [0.25, 0.3) is 0 Å². The zero-order valence-electron chi connectivity index (χ0n) is 6.28. The van der Waals surface area contributed by atoms with Crippen LogP contribution in [0.3, 0.4) is 0 Å². The van der Waals surface area contributed by atoms with E-state index >= 15 is 0 Å². The predicted molar refractivity (Wildman–Crippen MR) is 36.8 cm³/mol. The zero-order valence-corrected chi connectivity index (χ0v) is 6.28. The highest BCUT2D eigenvalue weighted by Crippen LogP contribution is 1.99. The maximum atomic E-state index is 2.31. The molecule has 0 amide bonds. The van der Waals surface area contributed by atoms with Crippen LogP contribution in [-0.2, 0) is 0 Å². The molecule has 50 valence electrons. The molecular weight excluding hydrogens is 98.1 g/mol. The molecule has 1 heteroatoms. The molecule has 0 radical (unpaired) electrons. The highest BCUT2D eigenvalue weighted by Gasteiger charge is 1.98. The standard InChI is InChI=1S/C7H17N/c1-4-5-7(2)6-8-3/h7-8H,4-6H2,1-3H3/p+1. The van der Waals surface area contributed by atoms with Gasteiger partial charge < -0.3 is 5.32 Å². The van der Waals surface area contributed by atoms with Crippen LogP contribution in [-0.4, -0.2) is 13.6 Å². The summed E-state index contributed by atoms with van der Waals surface area (Å²) in [4.78, 5) is 0. The molecule has 0 aromatic heterocycles. The van der Waals surface area contributed by atoms with Crippen LogP contribution in [0.15, 0.2) is 0 Å². The van der Waals surface area contributed by atoms with Crippen LogP contribution >= 0.6 is 0 Å². The molecule has 0 bridgehead atoms. The molecule has 0 saturated carbocycles. The van der Waals surface area contributed by atoms with E-state index in [2.05, 4.69) is 26.2 Å². The van der Waals surface area contributed by atoms with Gasteiger partial charge in [-0.15, -0.1) is 0 Å². The lowest BCUT2D eigenvalue weighted by atomic mass is 10.1. The van der Waals surface area contributed by atoms with Crippen molar-refractivity contribution in [3.05, 3.63) is 0 Å². The summed E-state index contributed by atoms with van der Waals surface area (Å²) < 4.78 is 0. The van der Waals surface area contributed by atoms with Crippen LogP contribution in [0.4, 0.5) is 0 Å². The first-order valence-corrected chi connectivity index (χ1v) is 3.59. The topological polar surface area (TPSA) is 16.6 Å². The average Bonchev–Trinajstić information content (AvgIpc) is 1.68. The fraction of sp³-hybridized carbons (Fsp3) is 1.00. The minimum absolute atomic E-state index is 0.907. The molecule has 1 unspecified atom stereocenters. The van der Waals surface area contributed by atoms with Crippen molar-refractivity contribution in [1.82, 2.24) is 0 Å². The summed E-state index contributed by atoms with van der Waals surface area (Å²) in [5, 5.41) is 2.25. The van der Waals surface area contributed by atoms with E-state index in [4.69, 9.17) is 0 Å². The molecule has 0 fully saturated rings. The molecule has 0 aliphatic carbocycles. The van der Waals surface area contributed by atoms with Gasteiger partial charge in [0.1, 0.15) is 0 Å². The van der Waals surface area contributed by atoms with Gasteiger partial charge in [-0.2, -0.15) is 0 Å². The van der Waals surface area contributed by atoms with Crippen LogP contribution in [0.5, 0.6) is 0 Å². The largest absolute Gasteiger partial charge is 0.348 e. The van der Waals surface area contributed by atoms with E-state index in [1.807, 2.05) is 0 Å². The molecule has 2 N–H and O–H groups in total. The second-order valence-corrected chi connectivity index (χ2v) is 2.54. The van der Waals surface area contributed by atoms with Gasteiger partial charge in [-0.3, -0.25) is 0 Å². The van der Waals surface area contributed by atoms with Crippen LogP contribution in [0, 0.1) is 5.92 Å². The molecule has 8 heavy (non-hydrogen) atoms. The number of nitrogens with two attached hydrogens (primary N) is 1. The van der Waals surface area contributed by atoms with Gasteiger partial charge >= 0.3 is 0 Å². The molecule has 0 aliphatic rings. The van der Waals surface area contributed by atoms with Gasteiger partial charge in [0.25, 0.3) is 0 Å². The molecule has 0 heterocycles. The maximum Gasteiger partial charge on any atom is 0.0779 e. The summed E-state index contributed by atoms with van der Waals surface area (Å²) in [6, 6.07) is 0. The van der Waals surface area contributed by atoms with Crippen molar-refractivity contribution >= 4 is 0 Å². The minimum atomic E-state index is 0.907. The lowest BCUT2D eigenvalue weighted by Crippen LogP contribution is -2.81. The van der Waals surface area contributed by atoms with Gasteiger partial charge in [-0.25, -0.2) is 0 Å². The number of quaternary nitrogens is 1. The molecular formula is C7H18N+. The Morgan fingerprint density at radius 2 is 2.12 bits per heavy atom. The summed E-state index contributed by atoms with van der Waals surface area (Å²) >= 11 is 0. The first-order chi connectivity index (χ1) is 3.81. The molecule has 0 aromatic rings. The summed E-state index contributed by atoms with van der Waals surface area (Å²) in [5.41, 5.74) is 0. The van der Waals surface area contributed by atoms with E-state index in [9.17, 15) is 0 Å². The van der Waals surface area contributed by atoms with E-state index in [1.165, 1.54) is 19.4 Å². The van der Waals surface area contributed by atoms with Crippen LogP contribution < -0.4 is 5.32 Å². The lowest BCUT2D eigenvalue weighted by molar-refractivity contribution is -0.632. The second-order valence-electron chi connectivity index (χ2n) is 2.54. The smallest absolute Gasteiger partial charge is 0.0779 e. The normalized spacial score (nSPS) is 13.9. The fourth-order valence-electron chi connectivity index (χ4n) is 1.01. The molecule has 0 aromatic carbocycles. The SMILES string of the molecule is CCCC(C)C[NH2+]C. The molecule has 0 saturated heterocycles. The first-order valence-electron chi connectivity index (χ1n) is 3.59. The fourth-order valence-corrected chi connectivity index (χ4v) is 1.01. The average molecular weight is 116 g/mol. The van der Waals surface area contributed by atoms with Crippen LogP contribution in [0.2, 0.25) is 0 Å². The van der Waals surface area contributed by atoms with Crippen molar-refractivity contribution in [2.45, 2.75) is 26.7 Å². The van der Waals surface area contributed by atoms with Gasteiger partial charge in [0.05, 0.1) is 13.6 Å². The van der Waals surface area contributed by atoms with Gasteiger partial charge in [0, 0.05) is 5.92 Å².